The molecule has 2 atom stereocenters. The Labute approximate surface area is 141 Å². The second kappa shape index (κ2) is 7.89. The van der Waals surface area contributed by atoms with E-state index < -0.39 is 29.8 Å². The minimum absolute atomic E-state index is 0.279. The highest BCUT2D eigenvalue weighted by Gasteiger charge is 2.35. The lowest BCUT2D eigenvalue weighted by Crippen LogP contribution is -2.47. The quantitative estimate of drug-likeness (QED) is 0.769. The summed E-state index contributed by atoms with van der Waals surface area (Å²) in [4.78, 5) is 27.5. The molecule has 0 aliphatic heterocycles. The van der Waals surface area contributed by atoms with E-state index in [1.165, 1.54) is 11.3 Å². The van der Waals surface area contributed by atoms with Gasteiger partial charge in [0.25, 0.3) is 0 Å². The van der Waals surface area contributed by atoms with Crippen LogP contribution in [0.3, 0.4) is 0 Å². The molecule has 9 heteroatoms. The summed E-state index contributed by atoms with van der Waals surface area (Å²) >= 11 is 4.46. The van der Waals surface area contributed by atoms with Crippen LogP contribution >= 0.6 is 27.3 Å². The van der Waals surface area contributed by atoms with Crippen molar-refractivity contribution in [1.82, 2.24) is 10.3 Å². The molecule has 0 saturated heterocycles. The van der Waals surface area contributed by atoms with Gasteiger partial charge >= 0.3 is 12.1 Å². The molecule has 1 heterocycles. The van der Waals surface area contributed by atoms with Gasteiger partial charge in [0.05, 0.1) is 0 Å². The molecule has 7 nitrogen and oxygen atoms in total. The molecule has 0 aliphatic rings. The Balaban J connectivity index is 2.94. The Hall–Kier alpha value is -1.19. The molecule has 1 amide bonds. The molecule has 22 heavy (non-hydrogen) atoms. The van der Waals surface area contributed by atoms with E-state index in [-0.39, 0.29) is 6.61 Å². The van der Waals surface area contributed by atoms with Crippen LogP contribution in [0.2, 0.25) is 0 Å². The highest BCUT2D eigenvalue weighted by Crippen LogP contribution is 2.27. The van der Waals surface area contributed by atoms with E-state index in [9.17, 15) is 14.7 Å². The first-order chi connectivity index (χ1) is 10.1. The van der Waals surface area contributed by atoms with Crippen LogP contribution in [0.25, 0.3) is 0 Å². The molecule has 1 rings (SSSR count). The van der Waals surface area contributed by atoms with Crippen LogP contribution in [-0.4, -0.2) is 40.4 Å². The number of carboxylic acids is 1. The van der Waals surface area contributed by atoms with Crippen molar-refractivity contribution in [2.24, 2.45) is 0 Å². The predicted molar refractivity (Wildman–Crippen MR) is 85.0 cm³/mol. The minimum Gasteiger partial charge on any atom is -0.480 e. The number of alkyl carbamates (subject to hydrolysis) is 1. The Morgan fingerprint density at radius 2 is 2.14 bits per heavy atom. The first-order valence-electron chi connectivity index (χ1n) is 6.59. The van der Waals surface area contributed by atoms with Gasteiger partial charge in [-0.3, -0.25) is 0 Å². The van der Waals surface area contributed by atoms with E-state index in [1.807, 2.05) is 0 Å². The van der Waals surface area contributed by atoms with Gasteiger partial charge in [-0.2, -0.15) is 0 Å². The highest BCUT2D eigenvalue weighted by atomic mass is 79.9. The van der Waals surface area contributed by atoms with Gasteiger partial charge in [-0.05, 0) is 43.6 Å². The minimum atomic E-state index is -1.30. The molecule has 1 aromatic rings. The molecule has 0 unspecified atom stereocenters. The van der Waals surface area contributed by atoms with Crippen LogP contribution in [0.15, 0.2) is 9.98 Å². The molecular formula is C13H19BrN2O5S. The van der Waals surface area contributed by atoms with E-state index in [1.54, 1.807) is 33.1 Å². The number of hydrogen-bond acceptors (Lipinski definition) is 6. The number of carbonyl (C=O) groups is 2. The fraction of sp³-hybridized carbons (Fsp3) is 0.615. The third-order valence-corrected chi connectivity index (χ3v) is 3.94. The lowest BCUT2D eigenvalue weighted by molar-refractivity contribution is -0.144. The summed E-state index contributed by atoms with van der Waals surface area (Å²) in [5, 5.41) is 13.9. The second-order valence-electron chi connectivity index (χ2n) is 5.35. The van der Waals surface area contributed by atoms with Crippen LogP contribution < -0.4 is 5.32 Å². The monoisotopic (exact) mass is 394 g/mol. The summed E-state index contributed by atoms with van der Waals surface area (Å²) in [5.74, 6) is -1.23. The molecule has 0 aromatic carbocycles. The number of nitrogens with zero attached hydrogens (tertiary/aromatic N) is 1. The average Bonchev–Trinajstić information content (AvgIpc) is 2.77. The second-order valence-corrected chi connectivity index (χ2v) is 7.05. The summed E-state index contributed by atoms with van der Waals surface area (Å²) in [6.45, 7) is 7.10. The largest absolute Gasteiger partial charge is 0.480 e. The zero-order valence-electron chi connectivity index (χ0n) is 12.8. The first kappa shape index (κ1) is 18.9. The fourth-order valence-corrected chi connectivity index (χ4v) is 2.94. The molecular weight excluding hydrogens is 376 g/mol. The van der Waals surface area contributed by atoms with Crippen molar-refractivity contribution < 1.29 is 24.2 Å². The Kier molecular flexibility index (Phi) is 6.76. The zero-order valence-corrected chi connectivity index (χ0v) is 15.2. The van der Waals surface area contributed by atoms with Crippen molar-refractivity contribution in [1.29, 1.82) is 0 Å². The molecule has 0 fully saturated rings. The van der Waals surface area contributed by atoms with E-state index in [2.05, 4.69) is 26.2 Å². The maximum atomic E-state index is 11.8. The van der Waals surface area contributed by atoms with Crippen molar-refractivity contribution in [2.75, 3.05) is 6.61 Å². The van der Waals surface area contributed by atoms with Gasteiger partial charge in [0, 0.05) is 12.0 Å². The van der Waals surface area contributed by atoms with Crippen LogP contribution in [0.1, 0.15) is 38.8 Å². The van der Waals surface area contributed by atoms with Gasteiger partial charge in [-0.15, -0.1) is 11.3 Å². The third-order valence-electron chi connectivity index (χ3n) is 2.32. The number of hydrogen-bond donors (Lipinski definition) is 2. The fourth-order valence-electron chi connectivity index (χ4n) is 1.59. The molecule has 0 radical (unpaired) electrons. The SMILES string of the molecule is CCO[C@H](c1nc(Br)cs1)[C@H](NC(=O)OC(C)(C)C)C(=O)O. The lowest BCUT2D eigenvalue weighted by Gasteiger charge is -2.25. The van der Waals surface area contributed by atoms with E-state index in [4.69, 9.17) is 9.47 Å². The van der Waals surface area contributed by atoms with Gasteiger partial charge in [0.2, 0.25) is 0 Å². The van der Waals surface area contributed by atoms with Crippen LogP contribution in [0.5, 0.6) is 0 Å². The summed E-state index contributed by atoms with van der Waals surface area (Å²) in [6, 6.07) is -1.30. The molecule has 2 N–H and O–H groups in total. The maximum absolute atomic E-state index is 11.8. The topological polar surface area (TPSA) is 97.8 Å². The van der Waals surface area contributed by atoms with Gasteiger partial charge in [-0.1, -0.05) is 0 Å². The van der Waals surface area contributed by atoms with Gasteiger partial charge in [-0.25, -0.2) is 14.6 Å². The number of carbonyl (C=O) groups excluding carboxylic acids is 1. The maximum Gasteiger partial charge on any atom is 0.408 e. The van der Waals surface area contributed by atoms with Crippen LogP contribution in [0, 0.1) is 0 Å². The number of thiazole rings is 1. The molecule has 0 bridgehead atoms. The Morgan fingerprint density at radius 1 is 1.50 bits per heavy atom. The number of carboxylic acid groups (broad SMARTS) is 1. The van der Waals surface area contributed by atoms with Crippen molar-refractivity contribution in [3.05, 3.63) is 15.0 Å². The molecule has 1 aromatic heterocycles. The molecule has 124 valence electrons. The number of aromatic nitrogens is 1. The van der Waals surface area contributed by atoms with Crippen LogP contribution in [-0.2, 0) is 14.3 Å². The van der Waals surface area contributed by atoms with Crippen molar-refractivity contribution in [3.8, 4) is 0 Å². The van der Waals surface area contributed by atoms with Crippen molar-refractivity contribution in [2.45, 2.75) is 45.4 Å². The number of aliphatic carboxylic acids is 1. The third kappa shape index (κ3) is 5.90. The smallest absolute Gasteiger partial charge is 0.408 e. The predicted octanol–water partition coefficient (Wildman–Crippen LogP) is 2.96. The molecule has 0 spiro atoms. The number of halogens is 1. The number of nitrogens with one attached hydrogen (secondary N) is 1. The summed E-state index contributed by atoms with van der Waals surface area (Å²) in [7, 11) is 0. The zero-order chi connectivity index (χ0) is 16.9. The summed E-state index contributed by atoms with van der Waals surface area (Å²) in [6.07, 6.45) is -1.72. The van der Waals surface area contributed by atoms with E-state index >= 15 is 0 Å². The summed E-state index contributed by atoms with van der Waals surface area (Å²) < 4.78 is 11.1. The number of rotatable bonds is 6. The van der Waals surface area contributed by atoms with E-state index in [0.29, 0.717) is 9.61 Å². The van der Waals surface area contributed by atoms with Crippen molar-refractivity contribution >= 4 is 39.3 Å². The normalized spacial score (nSPS) is 14.2. The van der Waals surface area contributed by atoms with Gasteiger partial charge in [0.1, 0.15) is 21.3 Å². The number of ether oxygens (including phenoxy) is 2. The standard InChI is InChI=1S/C13H19BrN2O5S/c1-5-20-9(10-15-7(14)6-22-10)8(11(17)18)16-12(19)21-13(2,3)4/h6,8-9H,5H2,1-4H3,(H,16,19)(H,17,18)/t8-,9-/m0/s1. The summed E-state index contributed by atoms with van der Waals surface area (Å²) in [5.41, 5.74) is -0.724. The van der Waals surface area contributed by atoms with Gasteiger partial charge < -0.3 is 19.9 Å². The van der Waals surface area contributed by atoms with Crippen molar-refractivity contribution in [3.63, 3.8) is 0 Å². The molecule has 0 aliphatic carbocycles. The first-order valence-corrected chi connectivity index (χ1v) is 8.26. The average molecular weight is 395 g/mol. The lowest BCUT2D eigenvalue weighted by atomic mass is 10.1. The Morgan fingerprint density at radius 3 is 2.55 bits per heavy atom. The molecule has 0 saturated carbocycles. The van der Waals surface area contributed by atoms with Crippen LogP contribution in [0.4, 0.5) is 4.79 Å². The Bertz CT molecular complexity index is 529. The highest BCUT2D eigenvalue weighted by molar-refractivity contribution is 9.10. The van der Waals surface area contributed by atoms with E-state index in [0.717, 1.165) is 0 Å². The number of amides is 1. The van der Waals surface area contributed by atoms with Gasteiger partial charge in [0.15, 0.2) is 6.04 Å².